The molecule has 8 aromatic carbocycles. The molecule has 0 radical (unpaired) electrons. The van der Waals surface area contributed by atoms with Crippen LogP contribution in [0.3, 0.4) is 0 Å². The zero-order chi connectivity index (χ0) is 51.2. The van der Waals surface area contributed by atoms with Crippen molar-refractivity contribution in [3.63, 3.8) is 0 Å². The molecular weight excluding hydrogens is 1030 g/mol. The summed E-state index contributed by atoms with van der Waals surface area (Å²) < 4.78 is 56.7. The first-order valence-electron chi connectivity index (χ1n) is 25.5. The van der Waals surface area contributed by atoms with Crippen LogP contribution in [0.1, 0.15) is 50.7 Å². The van der Waals surface area contributed by atoms with Crippen LogP contribution in [0.2, 0.25) is 0 Å². The summed E-state index contributed by atoms with van der Waals surface area (Å²) in [7, 11) is 0. The summed E-state index contributed by atoms with van der Waals surface area (Å²) in [5.41, 5.74) is 13.4. The fraction of sp³-hybridized carbons (Fsp3) is 0.113. The summed E-state index contributed by atoms with van der Waals surface area (Å²) in [6, 6.07) is 56.5. The van der Waals surface area contributed by atoms with Crippen LogP contribution in [0.5, 0.6) is 11.5 Å². The van der Waals surface area contributed by atoms with Crippen molar-refractivity contribution in [1.29, 1.82) is 0 Å². The molecule has 0 atom stereocenters. The van der Waals surface area contributed by atoms with Crippen LogP contribution < -0.4 is 4.74 Å². The molecule has 6 nitrogen and oxygen atoms in total. The first-order valence-corrected chi connectivity index (χ1v) is 24.1. The number of aromatic nitrogens is 4. The Bertz CT molecular complexity index is 4150. The Balaban J connectivity index is 1.01. The van der Waals surface area contributed by atoms with Gasteiger partial charge in [-0.15, -0.1) is 0 Å². The molecule has 0 aliphatic heterocycles. The van der Waals surface area contributed by atoms with E-state index in [1.165, 1.54) is 5.56 Å². The van der Waals surface area contributed by atoms with Gasteiger partial charge in [0.05, 0.1) is 6.85 Å². The number of fused-ring (bicyclic) bond motifs is 5. The Hall–Kier alpha value is -7.66. The maximum absolute atomic E-state index is 13.1. The number of para-hydroxylation sites is 2. The van der Waals surface area contributed by atoms with Crippen molar-refractivity contribution in [2.75, 3.05) is 0 Å². The second-order valence-corrected chi connectivity index (χ2v) is 19.5. The first-order chi connectivity index (χ1) is 35.7. The van der Waals surface area contributed by atoms with Gasteiger partial charge in [0.1, 0.15) is 0 Å². The molecule has 0 fully saturated rings. The molecular formula is C62H46N4O2Pt-2. The van der Waals surface area contributed by atoms with Gasteiger partial charge in [0.2, 0.25) is 0 Å². The molecule has 338 valence electrons. The Kier molecular flexibility index (Phi) is 9.27. The predicted molar refractivity (Wildman–Crippen MR) is 274 cm³/mol. The summed E-state index contributed by atoms with van der Waals surface area (Å²) in [5, 5.41) is 1.61. The van der Waals surface area contributed by atoms with Gasteiger partial charge in [-0.05, 0) is 28.2 Å². The summed E-state index contributed by atoms with van der Waals surface area (Å²) in [6.45, 7) is 6.48. The Morgan fingerprint density at radius 3 is 2.13 bits per heavy atom. The van der Waals surface area contributed by atoms with E-state index < -0.39 is 6.04 Å². The van der Waals surface area contributed by atoms with Crippen LogP contribution in [0.15, 0.2) is 188 Å². The molecule has 69 heavy (non-hydrogen) atoms. The van der Waals surface area contributed by atoms with Gasteiger partial charge in [-0.1, -0.05) is 57.0 Å². The maximum atomic E-state index is 13.1. The van der Waals surface area contributed by atoms with Crippen molar-refractivity contribution in [1.82, 2.24) is 18.7 Å². The average Bonchev–Trinajstić information content (AvgIpc) is 3.93. The molecule has 0 N–H and O–H groups in total. The van der Waals surface area contributed by atoms with E-state index in [0.717, 1.165) is 75.9 Å². The van der Waals surface area contributed by atoms with E-state index in [-0.39, 0.29) is 40.9 Å². The van der Waals surface area contributed by atoms with Gasteiger partial charge in [-0.2, -0.15) is 0 Å². The van der Waals surface area contributed by atoms with Crippen molar-refractivity contribution >= 4 is 38.6 Å². The predicted octanol–water partition coefficient (Wildman–Crippen LogP) is 14.7. The van der Waals surface area contributed by atoms with E-state index in [1.807, 2.05) is 71.4 Å². The SMILES string of the molecule is [2H]c1c([2H])c([2H])c(-c2ccc3c(c2)c2ccc(Oc4[c-]c(-n5[c](=[Pt])n(-c6c(-c7ccccc7)cc7c(c6-c6ccccc6)CCC(=O)C7)c6ccccc65)ccc4)[c-]c2n3-c2cc(C(C)(C)C)ccn2)c([2H])c1[2H]. The normalized spacial score (nSPS) is 13.8. The number of benzene rings is 8. The first kappa shape index (κ1) is 37.3. The third-order valence-corrected chi connectivity index (χ3v) is 14.1. The van der Waals surface area contributed by atoms with E-state index in [9.17, 15) is 4.79 Å². The molecule has 7 heteroatoms. The molecule has 0 bridgehead atoms. The molecule has 0 unspecified atom stereocenters. The number of Topliss-reactive ketones (excluding diaryl/α,β-unsaturated/α-hetero) is 1. The number of carbonyl (C=O) groups excluding carboxylic acids is 1. The van der Waals surface area contributed by atoms with Crippen LogP contribution >= 0.6 is 0 Å². The van der Waals surface area contributed by atoms with Gasteiger partial charge in [-0.3, -0.25) is 0 Å². The number of pyridine rings is 1. The van der Waals surface area contributed by atoms with Crippen molar-refractivity contribution in [2.24, 2.45) is 0 Å². The van der Waals surface area contributed by atoms with Crippen LogP contribution in [0, 0.1) is 15.9 Å². The van der Waals surface area contributed by atoms with E-state index in [2.05, 4.69) is 146 Å². The van der Waals surface area contributed by atoms with Gasteiger partial charge in [-0.25, -0.2) is 0 Å². The van der Waals surface area contributed by atoms with E-state index in [4.69, 9.17) is 16.6 Å². The summed E-state index contributed by atoms with van der Waals surface area (Å²) in [6.07, 6.45) is 3.38. The van der Waals surface area contributed by atoms with E-state index in [1.54, 1.807) is 6.07 Å². The minimum atomic E-state index is -0.434. The van der Waals surface area contributed by atoms with E-state index in [0.29, 0.717) is 47.7 Å². The number of hydrogen-bond acceptors (Lipinski definition) is 3. The molecule has 0 spiro atoms. The number of nitrogens with zero attached hydrogens (tertiary/aromatic N) is 4. The molecule has 0 saturated carbocycles. The standard InChI is InChI=1S/C62H46N4O2.Pt/c1-62(2,3)46-32-33-63-59(37-46)66-55-31-26-44(41-16-7-4-8-17-41)35-54(55)52-30-28-50(39-58(52)66)68-49-23-15-22-47(38-49)64-40-65(57-25-14-13-24-56(57)64)61-53(42-18-9-5-10-19-42)36-45-34-48(67)27-29-51(45)60(61)43-20-11-6-12-21-43;/h4-26,28,30-33,35-37H,27,29,34H2,1-3H3;/q-2;/i4D,7D,8D,16D,17D;. The number of rotatable bonds is 8. The smallest absolute Gasteiger partial charge is 0.0617 e. The number of hydrogen-bond donors (Lipinski definition) is 0. The minimum Gasteiger partial charge on any atom is -0.0617 e. The number of ketones is 1. The van der Waals surface area contributed by atoms with Gasteiger partial charge < -0.3 is 0 Å². The molecule has 0 saturated heterocycles. The van der Waals surface area contributed by atoms with Crippen molar-refractivity contribution < 1.29 is 35.7 Å². The Labute approximate surface area is 419 Å². The molecule has 11 aromatic rings. The zero-order valence-electron chi connectivity index (χ0n) is 43.1. The van der Waals surface area contributed by atoms with Gasteiger partial charge >= 0.3 is 323 Å². The Morgan fingerprint density at radius 2 is 1.36 bits per heavy atom. The fourth-order valence-electron chi connectivity index (χ4n) is 9.84. The third kappa shape index (κ3) is 7.60. The van der Waals surface area contributed by atoms with E-state index >= 15 is 0 Å². The van der Waals surface area contributed by atoms with Crippen molar-refractivity contribution in [2.45, 2.75) is 45.4 Å². The second kappa shape index (κ2) is 17.1. The number of imidazole rings is 1. The molecule has 12 rings (SSSR count). The molecule has 3 aromatic heterocycles. The Morgan fingerprint density at radius 1 is 0.638 bits per heavy atom. The second-order valence-electron chi connectivity index (χ2n) is 18.4. The average molecular weight is 1080 g/mol. The summed E-state index contributed by atoms with van der Waals surface area (Å²) in [4.78, 5) is 17.9. The number of ether oxygens (including phenoxy) is 1. The van der Waals surface area contributed by atoms with Crippen LogP contribution in [0.25, 0.3) is 83.4 Å². The van der Waals surface area contributed by atoms with Crippen LogP contribution in [-0.2, 0) is 42.4 Å². The van der Waals surface area contributed by atoms with Gasteiger partial charge in [0.15, 0.2) is 0 Å². The van der Waals surface area contributed by atoms with Gasteiger partial charge in [0, 0.05) is 6.20 Å². The van der Waals surface area contributed by atoms with Crippen LogP contribution in [-0.4, -0.2) is 24.5 Å². The topological polar surface area (TPSA) is 54.0 Å². The van der Waals surface area contributed by atoms with Gasteiger partial charge in [0.25, 0.3) is 0 Å². The summed E-state index contributed by atoms with van der Waals surface area (Å²) >= 11 is 2.44. The molecule has 3 heterocycles. The number of carbonyl (C=O) groups is 1. The van der Waals surface area contributed by atoms with Crippen LogP contribution in [0.4, 0.5) is 0 Å². The molecule has 0 amide bonds. The molecule has 1 aliphatic rings. The quantitative estimate of drug-likeness (QED) is 0.143. The summed E-state index contributed by atoms with van der Waals surface area (Å²) in [5.74, 6) is 1.86. The third-order valence-electron chi connectivity index (χ3n) is 13.1. The molecule has 1 aliphatic carbocycles. The van der Waals surface area contributed by atoms with Crippen molar-refractivity contribution in [3.05, 3.63) is 221 Å². The zero-order valence-corrected chi connectivity index (χ0v) is 40.3. The monoisotopic (exact) mass is 1080 g/mol. The fourth-order valence-corrected chi connectivity index (χ4v) is 10.9. The minimum absolute atomic E-state index is 0.135. The van der Waals surface area contributed by atoms with Crippen molar-refractivity contribution in [3.8, 4) is 62.1 Å².